The molecule has 2 aliphatic heterocycles. The first kappa shape index (κ1) is 24.9. The van der Waals surface area contributed by atoms with Crippen molar-refractivity contribution in [2.75, 3.05) is 27.2 Å². The van der Waals surface area contributed by atoms with Gasteiger partial charge in [-0.15, -0.1) is 0 Å². The molecule has 0 aromatic carbocycles. The Hall–Kier alpha value is -2.13. The molecule has 0 spiro atoms. The number of carbonyl (C=O) groups is 2. The minimum absolute atomic E-state index is 0. The van der Waals surface area contributed by atoms with E-state index >= 15 is 0 Å². The smallest absolute Gasteiger partial charge is 0.200 e. The van der Waals surface area contributed by atoms with E-state index in [-0.39, 0.29) is 51.3 Å². The average Bonchev–Trinajstić information content (AvgIpc) is 2.86. The zero-order valence-corrected chi connectivity index (χ0v) is 19.3. The summed E-state index contributed by atoms with van der Waals surface area (Å²) in [4.78, 5) is 36.8. The molecule has 0 aromatic rings. The predicted octanol–water partition coefficient (Wildman–Crippen LogP) is 2.03. The molecule has 2 aliphatic rings. The van der Waals surface area contributed by atoms with Crippen molar-refractivity contribution in [3.63, 3.8) is 0 Å². The zero-order chi connectivity index (χ0) is 21.6. The molecule has 0 aliphatic carbocycles. The van der Waals surface area contributed by atoms with Crippen LogP contribution >= 0.6 is 0 Å². The van der Waals surface area contributed by atoms with Gasteiger partial charge in [-0.3, -0.25) is 19.6 Å². The maximum atomic E-state index is 12.5. The number of nitrogens with zero attached hydrogens (tertiary/aromatic N) is 4. The molecule has 29 heavy (non-hydrogen) atoms. The van der Waals surface area contributed by atoms with Crippen LogP contribution in [0.5, 0.6) is 0 Å². The Morgan fingerprint density at radius 2 is 1.07 bits per heavy atom. The van der Waals surface area contributed by atoms with Crippen LogP contribution < -0.4 is 0 Å². The van der Waals surface area contributed by atoms with Crippen molar-refractivity contribution in [1.29, 1.82) is 0 Å². The van der Waals surface area contributed by atoms with Crippen LogP contribution in [0.25, 0.3) is 0 Å². The van der Waals surface area contributed by atoms with Crippen molar-refractivity contribution < 1.29 is 36.6 Å². The summed E-state index contributed by atoms with van der Waals surface area (Å²) in [5, 5.41) is 20.5. The molecule has 9 heteroatoms. The number of rotatable bonds is 5. The monoisotopic (exact) mass is 449 g/mol. The van der Waals surface area contributed by atoms with Crippen molar-refractivity contribution in [1.82, 2.24) is 9.80 Å². The fourth-order valence-electron chi connectivity index (χ4n) is 3.23. The van der Waals surface area contributed by atoms with Crippen LogP contribution in [0.2, 0.25) is 0 Å². The SMILES string of the molecule is CC(=NCCN=C(C)C1=C(O)N(C)C(C)(C)C1=O)C1=C(O)N(C)C(C)(C)C1=O.[Co]. The van der Waals surface area contributed by atoms with Gasteiger partial charge in [-0.1, -0.05) is 0 Å². The molecule has 0 saturated heterocycles. The van der Waals surface area contributed by atoms with Crippen molar-refractivity contribution in [3.8, 4) is 0 Å². The molecular formula is C20H30CoN4O4. The van der Waals surface area contributed by atoms with Crippen molar-refractivity contribution in [2.24, 2.45) is 9.98 Å². The van der Waals surface area contributed by atoms with Crippen LogP contribution in [0.3, 0.4) is 0 Å². The van der Waals surface area contributed by atoms with E-state index in [0.717, 1.165) is 0 Å². The van der Waals surface area contributed by atoms with Gasteiger partial charge in [0.2, 0.25) is 0 Å². The van der Waals surface area contributed by atoms with Gasteiger partial charge in [-0.25, -0.2) is 0 Å². The molecule has 2 N–H and O–H groups in total. The maximum absolute atomic E-state index is 12.5. The van der Waals surface area contributed by atoms with Gasteiger partial charge in [0.05, 0.1) is 13.1 Å². The standard InChI is InChI=1S/C20H30N4O4.Co/c1-11(13-15(25)19(3,4)23(7)17(13)27)21-9-10-22-12(2)14-16(26)20(5,6)24(8)18(14)28;/h27-28H,9-10H2,1-8H3;. The molecule has 2 heterocycles. The number of likely N-dealkylation sites (N-methyl/N-ethyl adjacent to an activating group) is 2. The summed E-state index contributed by atoms with van der Waals surface area (Å²) in [7, 11) is 3.33. The Morgan fingerprint density at radius 1 is 0.793 bits per heavy atom. The topological polar surface area (TPSA) is 106 Å². The minimum Gasteiger partial charge on any atom is -0.494 e. The van der Waals surface area contributed by atoms with E-state index in [2.05, 4.69) is 9.98 Å². The van der Waals surface area contributed by atoms with Crippen LogP contribution in [-0.4, -0.2) is 81.3 Å². The van der Waals surface area contributed by atoms with E-state index in [1.54, 1.807) is 55.6 Å². The fraction of sp³-hybridized carbons (Fsp3) is 0.600. The summed E-state index contributed by atoms with van der Waals surface area (Å²) in [5.41, 5.74) is -0.265. The second-order valence-corrected chi connectivity index (χ2v) is 8.23. The van der Waals surface area contributed by atoms with Gasteiger partial charge in [-0.05, 0) is 41.5 Å². The van der Waals surface area contributed by atoms with E-state index in [4.69, 9.17) is 0 Å². The first-order valence-corrected chi connectivity index (χ1v) is 9.22. The first-order chi connectivity index (χ1) is 12.8. The molecule has 2 rings (SSSR count). The Bertz CT molecular complexity index is 783. The number of carbonyl (C=O) groups excluding carboxylic acids is 2. The van der Waals surface area contributed by atoms with Gasteiger partial charge in [0, 0.05) is 42.3 Å². The van der Waals surface area contributed by atoms with Crippen LogP contribution in [0, 0.1) is 0 Å². The summed E-state index contributed by atoms with van der Waals surface area (Å²) in [6.07, 6.45) is 0. The molecular weight excluding hydrogens is 419 g/mol. The van der Waals surface area contributed by atoms with Crippen molar-refractivity contribution in [2.45, 2.75) is 52.6 Å². The second kappa shape index (κ2) is 8.31. The van der Waals surface area contributed by atoms with E-state index in [1.165, 1.54) is 9.80 Å². The molecule has 8 nitrogen and oxygen atoms in total. The number of aliphatic hydroxyl groups excluding tert-OH is 2. The Morgan fingerprint density at radius 3 is 1.28 bits per heavy atom. The molecule has 0 unspecified atom stereocenters. The van der Waals surface area contributed by atoms with Gasteiger partial charge in [0.15, 0.2) is 23.3 Å². The molecule has 1 radical (unpaired) electrons. The number of ketones is 2. The molecule has 0 fully saturated rings. The number of hydrogen-bond acceptors (Lipinski definition) is 8. The van der Waals surface area contributed by atoms with E-state index in [0.29, 0.717) is 24.5 Å². The van der Waals surface area contributed by atoms with Crippen LogP contribution in [-0.2, 0) is 26.4 Å². The van der Waals surface area contributed by atoms with Crippen molar-refractivity contribution >= 4 is 23.0 Å². The summed E-state index contributed by atoms with van der Waals surface area (Å²) >= 11 is 0. The molecule has 0 amide bonds. The average molecular weight is 449 g/mol. The maximum Gasteiger partial charge on any atom is 0.200 e. The largest absolute Gasteiger partial charge is 0.494 e. The number of hydrogen-bond donors (Lipinski definition) is 2. The Kier molecular flexibility index (Phi) is 7.14. The number of Topliss-reactive ketones (excluding diaryl/α,β-unsaturated/α-hetero) is 2. The van der Waals surface area contributed by atoms with Crippen molar-refractivity contribution in [3.05, 3.63) is 22.9 Å². The van der Waals surface area contributed by atoms with Crippen LogP contribution in [0.15, 0.2) is 32.9 Å². The molecule has 163 valence electrons. The van der Waals surface area contributed by atoms with E-state index in [9.17, 15) is 19.8 Å². The predicted molar refractivity (Wildman–Crippen MR) is 109 cm³/mol. The van der Waals surface area contributed by atoms with Crippen LogP contribution in [0.4, 0.5) is 0 Å². The number of aliphatic hydroxyl groups is 2. The van der Waals surface area contributed by atoms with Gasteiger partial charge < -0.3 is 20.0 Å². The van der Waals surface area contributed by atoms with Gasteiger partial charge in [0.25, 0.3) is 0 Å². The summed E-state index contributed by atoms with van der Waals surface area (Å²) in [6, 6.07) is 0. The van der Waals surface area contributed by atoms with E-state index in [1.807, 2.05) is 0 Å². The molecule has 0 saturated carbocycles. The third-order valence-corrected chi connectivity index (χ3v) is 5.85. The van der Waals surface area contributed by atoms with Gasteiger partial charge >= 0.3 is 0 Å². The summed E-state index contributed by atoms with van der Waals surface area (Å²) in [6.45, 7) is 10.9. The molecule has 0 atom stereocenters. The van der Waals surface area contributed by atoms with Crippen LogP contribution in [0.1, 0.15) is 41.5 Å². The number of aliphatic imine (C=N–C) groups is 2. The molecule has 0 aromatic heterocycles. The quantitative estimate of drug-likeness (QED) is 0.492. The second-order valence-electron chi connectivity index (χ2n) is 8.23. The first-order valence-electron chi connectivity index (χ1n) is 9.22. The fourth-order valence-corrected chi connectivity index (χ4v) is 3.23. The summed E-state index contributed by atoms with van der Waals surface area (Å²) in [5.74, 6) is -0.503. The van der Waals surface area contributed by atoms with Gasteiger partial charge in [-0.2, -0.15) is 0 Å². The summed E-state index contributed by atoms with van der Waals surface area (Å²) < 4.78 is 0. The minimum atomic E-state index is -0.809. The molecule has 0 bridgehead atoms. The van der Waals surface area contributed by atoms with E-state index < -0.39 is 11.1 Å². The third-order valence-electron chi connectivity index (χ3n) is 5.85. The zero-order valence-electron chi connectivity index (χ0n) is 18.2. The third kappa shape index (κ3) is 3.98. The van der Waals surface area contributed by atoms with Gasteiger partial charge in [0.1, 0.15) is 22.2 Å². The Balaban J connectivity index is 0.00000420. The Labute approximate surface area is 182 Å². The normalized spacial score (nSPS) is 22.1.